The average Bonchev–Trinajstić information content (AvgIpc) is 2.84. The van der Waals surface area contributed by atoms with Crippen LogP contribution in [0.25, 0.3) is 0 Å². The zero-order chi connectivity index (χ0) is 24.3. The summed E-state index contributed by atoms with van der Waals surface area (Å²) < 4.78 is 19.0. The average molecular weight is 458 g/mol. The van der Waals surface area contributed by atoms with Crippen molar-refractivity contribution in [1.29, 1.82) is 5.41 Å². The van der Waals surface area contributed by atoms with Gasteiger partial charge in [-0.25, -0.2) is 4.39 Å². The Bertz CT molecular complexity index is 1140. The molecule has 0 bridgehead atoms. The molecule has 0 aliphatic rings. The number of carbonyl (C=O) groups is 1. The van der Waals surface area contributed by atoms with E-state index in [1.807, 2.05) is 48.5 Å². The number of halogens is 1. The lowest BCUT2D eigenvalue weighted by molar-refractivity contribution is -0.141. The summed E-state index contributed by atoms with van der Waals surface area (Å²) in [6, 6.07) is 21.5. The third-order valence-corrected chi connectivity index (χ3v) is 5.50. The number of benzene rings is 3. The first-order valence-electron chi connectivity index (χ1n) is 11.3. The van der Waals surface area contributed by atoms with Crippen molar-refractivity contribution in [3.05, 3.63) is 101 Å². The molecule has 0 amide bonds. The molecule has 0 saturated carbocycles. The van der Waals surface area contributed by atoms with E-state index in [9.17, 15) is 9.18 Å². The van der Waals surface area contributed by atoms with Gasteiger partial charge in [-0.05, 0) is 65.9 Å². The zero-order valence-electron chi connectivity index (χ0n) is 19.1. The minimum atomic E-state index is -0.789. The fraction of sp³-hybridized carbons (Fsp3) is 0.241. The first-order valence-corrected chi connectivity index (χ1v) is 11.3. The number of unbranched alkanes of at least 4 members (excludes halogenated alkanes) is 1. The highest BCUT2D eigenvalue weighted by Crippen LogP contribution is 2.25. The summed E-state index contributed by atoms with van der Waals surface area (Å²) >= 11 is 0. The number of carboxylic acids is 1. The summed E-state index contributed by atoms with van der Waals surface area (Å²) in [5.74, 6) is 5.32. The van der Waals surface area contributed by atoms with E-state index in [-0.39, 0.29) is 11.7 Å². The molecule has 3 aromatic rings. The Labute approximate surface area is 199 Å². The van der Waals surface area contributed by atoms with Crippen LogP contribution in [0.2, 0.25) is 0 Å². The Morgan fingerprint density at radius 1 is 1.03 bits per heavy atom. The SMILES string of the molecule is C[C@@H](Cc1ccc(C#CCCCOc2ccc(C(C=N)c3ccc(F)cc3)cc2)cc1)C(=O)O. The number of hydrogen-bond acceptors (Lipinski definition) is 3. The van der Waals surface area contributed by atoms with Crippen molar-refractivity contribution in [3.63, 3.8) is 0 Å². The maximum absolute atomic E-state index is 13.2. The van der Waals surface area contributed by atoms with Crippen LogP contribution in [0.1, 0.15) is 47.9 Å². The zero-order valence-corrected chi connectivity index (χ0v) is 19.1. The van der Waals surface area contributed by atoms with Crippen LogP contribution in [0.4, 0.5) is 4.39 Å². The fourth-order valence-electron chi connectivity index (χ4n) is 3.51. The number of ether oxygens (including phenoxy) is 1. The molecule has 0 radical (unpaired) electrons. The number of hydrogen-bond donors (Lipinski definition) is 2. The highest BCUT2D eigenvalue weighted by Gasteiger charge is 2.12. The number of rotatable bonds is 10. The van der Waals surface area contributed by atoms with E-state index < -0.39 is 11.9 Å². The van der Waals surface area contributed by atoms with Crippen LogP contribution < -0.4 is 4.74 Å². The van der Waals surface area contributed by atoms with Crippen LogP contribution in [0.15, 0.2) is 72.8 Å². The molecule has 2 atom stereocenters. The number of carboxylic acid groups (broad SMARTS) is 1. The van der Waals surface area contributed by atoms with E-state index in [1.165, 1.54) is 18.3 Å². The van der Waals surface area contributed by atoms with Crippen LogP contribution >= 0.6 is 0 Å². The summed E-state index contributed by atoms with van der Waals surface area (Å²) in [5, 5.41) is 16.7. The second kappa shape index (κ2) is 12.4. The van der Waals surface area contributed by atoms with Crippen molar-refractivity contribution >= 4 is 12.2 Å². The van der Waals surface area contributed by atoms with Gasteiger partial charge in [-0.1, -0.05) is 55.2 Å². The second-order valence-electron chi connectivity index (χ2n) is 8.16. The molecule has 5 heteroatoms. The summed E-state index contributed by atoms with van der Waals surface area (Å²) in [6.07, 6.45) is 3.36. The predicted octanol–water partition coefficient (Wildman–Crippen LogP) is 6.08. The van der Waals surface area contributed by atoms with Crippen LogP contribution in [0.3, 0.4) is 0 Å². The van der Waals surface area contributed by atoms with Crippen molar-refractivity contribution in [3.8, 4) is 17.6 Å². The fourth-order valence-corrected chi connectivity index (χ4v) is 3.51. The predicted molar refractivity (Wildman–Crippen MR) is 132 cm³/mol. The maximum Gasteiger partial charge on any atom is 0.306 e. The van der Waals surface area contributed by atoms with Crippen molar-refractivity contribution < 1.29 is 19.0 Å². The monoisotopic (exact) mass is 457 g/mol. The number of nitrogens with one attached hydrogen (secondary N) is 1. The highest BCUT2D eigenvalue weighted by atomic mass is 19.1. The van der Waals surface area contributed by atoms with Crippen LogP contribution in [-0.4, -0.2) is 23.9 Å². The van der Waals surface area contributed by atoms with Gasteiger partial charge in [0.1, 0.15) is 11.6 Å². The topological polar surface area (TPSA) is 70.4 Å². The third-order valence-electron chi connectivity index (χ3n) is 5.50. The molecule has 3 rings (SSSR count). The summed E-state index contributed by atoms with van der Waals surface area (Å²) in [6.45, 7) is 2.25. The molecule has 0 spiro atoms. The van der Waals surface area contributed by atoms with Gasteiger partial charge in [0.2, 0.25) is 0 Å². The van der Waals surface area contributed by atoms with E-state index in [2.05, 4.69) is 11.8 Å². The largest absolute Gasteiger partial charge is 0.494 e. The molecule has 4 nitrogen and oxygen atoms in total. The Hall–Kier alpha value is -3.91. The standard InChI is InChI=1S/C29H28FNO3/c1-21(29(32)33)19-23-8-6-22(7-9-23)5-3-2-4-18-34-27-16-12-25(13-17-27)28(20-31)24-10-14-26(30)15-11-24/h6-17,20-21,28,31H,2,4,18-19H2,1H3,(H,32,33)/t21-,28?/m0/s1. The molecule has 3 aromatic carbocycles. The Kier molecular flexibility index (Phi) is 8.99. The first kappa shape index (κ1) is 24.7. The van der Waals surface area contributed by atoms with Crippen molar-refractivity contribution in [2.24, 2.45) is 5.92 Å². The molecule has 0 aromatic heterocycles. The van der Waals surface area contributed by atoms with E-state index in [0.29, 0.717) is 19.4 Å². The quantitative estimate of drug-likeness (QED) is 0.220. The Morgan fingerprint density at radius 3 is 2.24 bits per heavy atom. The lowest BCUT2D eigenvalue weighted by Crippen LogP contribution is -2.12. The van der Waals surface area contributed by atoms with Gasteiger partial charge in [0.25, 0.3) is 0 Å². The first-order chi connectivity index (χ1) is 16.5. The van der Waals surface area contributed by atoms with E-state index >= 15 is 0 Å². The molecule has 0 heterocycles. The van der Waals surface area contributed by atoms with Gasteiger partial charge in [0, 0.05) is 24.1 Å². The molecular weight excluding hydrogens is 429 g/mol. The lowest BCUT2D eigenvalue weighted by Gasteiger charge is -2.13. The lowest BCUT2D eigenvalue weighted by atomic mass is 9.92. The smallest absolute Gasteiger partial charge is 0.306 e. The highest BCUT2D eigenvalue weighted by molar-refractivity contribution is 5.70. The van der Waals surface area contributed by atoms with Gasteiger partial charge >= 0.3 is 5.97 Å². The summed E-state index contributed by atoms with van der Waals surface area (Å²) in [5.41, 5.74) is 3.71. The van der Waals surface area contributed by atoms with Gasteiger partial charge < -0.3 is 15.3 Å². The summed E-state index contributed by atoms with van der Waals surface area (Å²) in [4.78, 5) is 11.0. The van der Waals surface area contributed by atoms with Gasteiger partial charge in [-0.2, -0.15) is 0 Å². The normalized spacial score (nSPS) is 12.2. The second-order valence-corrected chi connectivity index (χ2v) is 8.16. The van der Waals surface area contributed by atoms with Gasteiger partial charge in [0.05, 0.1) is 12.5 Å². The Balaban J connectivity index is 1.43. The van der Waals surface area contributed by atoms with Crippen LogP contribution in [-0.2, 0) is 11.2 Å². The van der Waals surface area contributed by atoms with E-state index in [0.717, 1.165) is 34.4 Å². The van der Waals surface area contributed by atoms with E-state index in [1.54, 1.807) is 19.1 Å². The minimum absolute atomic E-state index is 0.223. The molecule has 34 heavy (non-hydrogen) atoms. The molecular formula is C29H28FNO3. The molecule has 0 saturated heterocycles. The summed E-state index contributed by atoms with van der Waals surface area (Å²) in [7, 11) is 0. The Morgan fingerprint density at radius 2 is 1.65 bits per heavy atom. The van der Waals surface area contributed by atoms with E-state index in [4.69, 9.17) is 15.3 Å². The van der Waals surface area contributed by atoms with Crippen LogP contribution in [0.5, 0.6) is 5.75 Å². The van der Waals surface area contributed by atoms with Crippen LogP contribution in [0, 0.1) is 29.0 Å². The maximum atomic E-state index is 13.2. The molecule has 2 N–H and O–H groups in total. The van der Waals surface area contributed by atoms with Crippen molar-refractivity contribution in [1.82, 2.24) is 0 Å². The minimum Gasteiger partial charge on any atom is -0.494 e. The molecule has 0 aliphatic carbocycles. The number of aliphatic carboxylic acids is 1. The molecule has 0 aliphatic heterocycles. The van der Waals surface area contributed by atoms with Gasteiger partial charge in [-0.15, -0.1) is 0 Å². The third kappa shape index (κ3) is 7.31. The van der Waals surface area contributed by atoms with Crippen molar-refractivity contribution in [2.75, 3.05) is 6.61 Å². The van der Waals surface area contributed by atoms with Crippen molar-refractivity contribution in [2.45, 2.75) is 32.1 Å². The molecule has 174 valence electrons. The van der Waals surface area contributed by atoms with Gasteiger partial charge in [-0.3, -0.25) is 4.79 Å². The molecule has 1 unspecified atom stereocenters. The molecule has 0 fully saturated rings. The van der Waals surface area contributed by atoms with Gasteiger partial charge in [0.15, 0.2) is 0 Å².